The monoisotopic (exact) mass is 234 g/mol. The van der Waals surface area contributed by atoms with E-state index in [0.717, 1.165) is 25.7 Å². The number of rotatable bonds is 6. The molecule has 0 aliphatic rings. The summed E-state index contributed by atoms with van der Waals surface area (Å²) in [6, 6.07) is 8.59. The number of carbonyl (C=O) groups is 1. The Morgan fingerprint density at radius 3 is 2.18 bits per heavy atom. The molecule has 0 atom stereocenters. The second-order valence-electron chi connectivity index (χ2n) is 5.21. The average Bonchev–Trinajstić information content (AvgIpc) is 2.29. The highest BCUT2D eigenvalue weighted by atomic mass is 16.4. The van der Waals surface area contributed by atoms with Gasteiger partial charge in [-0.25, -0.2) is 0 Å². The van der Waals surface area contributed by atoms with Crippen LogP contribution in [-0.4, -0.2) is 11.1 Å². The molecule has 0 saturated heterocycles. The van der Waals surface area contributed by atoms with E-state index < -0.39 is 11.4 Å². The maximum absolute atomic E-state index is 10.9. The molecule has 0 amide bonds. The van der Waals surface area contributed by atoms with Crippen LogP contribution in [0.3, 0.4) is 0 Å². The van der Waals surface area contributed by atoms with Gasteiger partial charge in [0.25, 0.3) is 0 Å². The number of aliphatic carboxylic acids is 1. The summed E-state index contributed by atoms with van der Waals surface area (Å²) in [5.41, 5.74) is 2.03. The summed E-state index contributed by atoms with van der Waals surface area (Å²) >= 11 is 0. The van der Waals surface area contributed by atoms with Crippen LogP contribution in [0.2, 0.25) is 0 Å². The first kappa shape index (κ1) is 13.8. The molecule has 1 aromatic rings. The largest absolute Gasteiger partial charge is 0.481 e. The first-order valence-electron chi connectivity index (χ1n) is 6.27. The molecule has 0 aromatic heterocycles. The quantitative estimate of drug-likeness (QED) is 0.815. The average molecular weight is 234 g/mol. The Morgan fingerprint density at radius 1 is 1.18 bits per heavy atom. The smallest absolute Gasteiger partial charge is 0.309 e. The number of carboxylic acids is 1. The van der Waals surface area contributed by atoms with Crippen molar-refractivity contribution in [3.63, 3.8) is 0 Å². The molecule has 0 spiro atoms. The number of hydrogen-bond donors (Lipinski definition) is 1. The van der Waals surface area contributed by atoms with Crippen LogP contribution in [0.25, 0.3) is 0 Å². The minimum atomic E-state index is -0.709. The highest BCUT2D eigenvalue weighted by Gasteiger charge is 2.25. The summed E-state index contributed by atoms with van der Waals surface area (Å²) in [6.45, 7) is 5.72. The van der Waals surface area contributed by atoms with Crippen molar-refractivity contribution in [2.75, 3.05) is 0 Å². The van der Waals surface area contributed by atoms with Crippen LogP contribution in [0, 0.1) is 5.41 Å². The predicted molar refractivity (Wildman–Crippen MR) is 70.2 cm³/mol. The summed E-state index contributed by atoms with van der Waals surface area (Å²) in [5.74, 6) is -0.709. The van der Waals surface area contributed by atoms with Crippen LogP contribution in [-0.2, 0) is 17.6 Å². The third-order valence-electron chi connectivity index (χ3n) is 3.28. The van der Waals surface area contributed by atoms with E-state index in [2.05, 4.69) is 31.2 Å². The molecule has 2 nitrogen and oxygen atoms in total. The summed E-state index contributed by atoms with van der Waals surface area (Å²) in [5, 5.41) is 9.01. The molecule has 0 unspecified atom stereocenters. The molecule has 0 fully saturated rings. The molecule has 1 N–H and O–H groups in total. The second-order valence-corrected chi connectivity index (χ2v) is 5.21. The SMILES string of the molecule is CCc1ccc(CCCC(C)(C)C(=O)O)cc1. The zero-order chi connectivity index (χ0) is 12.9. The Kier molecular flexibility index (Phi) is 4.73. The molecule has 0 heterocycles. The van der Waals surface area contributed by atoms with Gasteiger partial charge in [-0.05, 0) is 50.7 Å². The van der Waals surface area contributed by atoms with Crippen molar-refractivity contribution < 1.29 is 9.90 Å². The fourth-order valence-corrected chi connectivity index (χ4v) is 1.78. The van der Waals surface area contributed by atoms with Gasteiger partial charge in [-0.15, -0.1) is 0 Å². The molecule has 94 valence electrons. The van der Waals surface area contributed by atoms with Gasteiger partial charge in [0.2, 0.25) is 0 Å². The van der Waals surface area contributed by atoms with Crippen molar-refractivity contribution in [2.24, 2.45) is 5.41 Å². The van der Waals surface area contributed by atoms with Gasteiger partial charge in [0.15, 0.2) is 0 Å². The van der Waals surface area contributed by atoms with Crippen molar-refractivity contribution in [1.82, 2.24) is 0 Å². The third-order valence-corrected chi connectivity index (χ3v) is 3.28. The van der Waals surface area contributed by atoms with E-state index in [4.69, 9.17) is 5.11 Å². The minimum Gasteiger partial charge on any atom is -0.481 e. The van der Waals surface area contributed by atoms with Gasteiger partial charge in [0.1, 0.15) is 0 Å². The van der Waals surface area contributed by atoms with Crippen LogP contribution in [0.4, 0.5) is 0 Å². The Balaban J connectivity index is 2.43. The highest BCUT2D eigenvalue weighted by Crippen LogP contribution is 2.23. The summed E-state index contributed by atoms with van der Waals surface area (Å²) in [6.07, 6.45) is 3.66. The summed E-state index contributed by atoms with van der Waals surface area (Å²) in [7, 11) is 0. The topological polar surface area (TPSA) is 37.3 Å². The molecule has 0 saturated carbocycles. The lowest BCUT2D eigenvalue weighted by Crippen LogP contribution is -2.23. The number of aryl methyl sites for hydroxylation is 2. The van der Waals surface area contributed by atoms with Gasteiger partial charge in [0, 0.05) is 0 Å². The van der Waals surface area contributed by atoms with Crippen molar-refractivity contribution in [3.05, 3.63) is 35.4 Å². The Labute approximate surface area is 104 Å². The van der Waals surface area contributed by atoms with E-state index in [1.807, 2.05) is 0 Å². The molecule has 0 aliphatic carbocycles. The molecular weight excluding hydrogens is 212 g/mol. The molecule has 2 heteroatoms. The predicted octanol–water partition coefficient (Wildman–Crippen LogP) is 3.68. The van der Waals surface area contributed by atoms with Gasteiger partial charge >= 0.3 is 5.97 Å². The zero-order valence-corrected chi connectivity index (χ0v) is 11.0. The molecule has 1 rings (SSSR count). The third kappa shape index (κ3) is 4.22. The molecule has 0 bridgehead atoms. The summed E-state index contributed by atoms with van der Waals surface area (Å²) < 4.78 is 0. The van der Waals surface area contributed by atoms with Gasteiger partial charge < -0.3 is 5.11 Å². The van der Waals surface area contributed by atoms with Gasteiger partial charge in [-0.2, -0.15) is 0 Å². The van der Waals surface area contributed by atoms with E-state index in [1.165, 1.54) is 11.1 Å². The van der Waals surface area contributed by atoms with E-state index in [0.29, 0.717) is 0 Å². The Morgan fingerprint density at radius 2 is 1.71 bits per heavy atom. The lowest BCUT2D eigenvalue weighted by molar-refractivity contribution is -0.147. The fraction of sp³-hybridized carbons (Fsp3) is 0.533. The van der Waals surface area contributed by atoms with Crippen LogP contribution < -0.4 is 0 Å². The molecule has 0 radical (unpaired) electrons. The molecular formula is C15H22O2. The van der Waals surface area contributed by atoms with Crippen LogP contribution >= 0.6 is 0 Å². The van der Waals surface area contributed by atoms with Crippen LogP contribution in [0.5, 0.6) is 0 Å². The lowest BCUT2D eigenvalue weighted by Gasteiger charge is -2.18. The number of carboxylic acid groups (broad SMARTS) is 1. The normalized spacial score (nSPS) is 11.5. The first-order chi connectivity index (χ1) is 7.95. The van der Waals surface area contributed by atoms with E-state index in [-0.39, 0.29) is 0 Å². The van der Waals surface area contributed by atoms with Crippen LogP contribution in [0.15, 0.2) is 24.3 Å². The number of hydrogen-bond acceptors (Lipinski definition) is 1. The Bertz CT molecular complexity index is 363. The zero-order valence-electron chi connectivity index (χ0n) is 11.0. The van der Waals surface area contributed by atoms with E-state index in [1.54, 1.807) is 13.8 Å². The maximum atomic E-state index is 10.9. The highest BCUT2D eigenvalue weighted by molar-refractivity contribution is 5.73. The molecule has 0 aliphatic heterocycles. The van der Waals surface area contributed by atoms with Gasteiger partial charge in [-0.1, -0.05) is 31.2 Å². The lowest BCUT2D eigenvalue weighted by atomic mass is 9.87. The maximum Gasteiger partial charge on any atom is 0.309 e. The van der Waals surface area contributed by atoms with Crippen molar-refractivity contribution in [3.8, 4) is 0 Å². The molecule has 1 aromatic carbocycles. The molecule has 17 heavy (non-hydrogen) atoms. The Hall–Kier alpha value is -1.31. The van der Waals surface area contributed by atoms with Crippen LogP contribution in [0.1, 0.15) is 44.7 Å². The first-order valence-corrected chi connectivity index (χ1v) is 6.27. The number of benzene rings is 1. The van der Waals surface area contributed by atoms with Crippen molar-refractivity contribution in [1.29, 1.82) is 0 Å². The van der Waals surface area contributed by atoms with E-state index >= 15 is 0 Å². The second kappa shape index (κ2) is 5.85. The minimum absolute atomic E-state index is 0.608. The summed E-state index contributed by atoms with van der Waals surface area (Å²) in [4.78, 5) is 10.9. The van der Waals surface area contributed by atoms with Gasteiger partial charge in [-0.3, -0.25) is 4.79 Å². The van der Waals surface area contributed by atoms with Gasteiger partial charge in [0.05, 0.1) is 5.41 Å². The standard InChI is InChI=1S/C15H22O2/c1-4-12-7-9-13(10-8-12)6-5-11-15(2,3)14(16)17/h7-10H,4-6,11H2,1-3H3,(H,16,17). The van der Waals surface area contributed by atoms with Crippen molar-refractivity contribution >= 4 is 5.97 Å². The fourth-order valence-electron chi connectivity index (χ4n) is 1.78. The van der Waals surface area contributed by atoms with E-state index in [9.17, 15) is 4.79 Å². The van der Waals surface area contributed by atoms with Crippen molar-refractivity contribution in [2.45, 2.75) is 46.5 Å².